The highest BCUT2D eigenvalue weighted by Gasteiger charge is 2.30. The van der Waals surface area contributed by atoms with Gasteiger partial charge in [-0.3, -0.25) is 0 Å². The zero-order valence-corrected chi connectivity index (χ0v) is 42.5. The number of nitrogens with zero attached hydrogens (tertiary/aromatic N) is 4. The molecule has 0 unspecified atom stereocenters. The molecule has 0 aromatic heterocycles. The van der Waals surface area contributed by atoms with E-state index in [4.69, 9.17) is 15.0 Å². The maximum atomic E-state index is 5.25. The molecule has 4 heteroatoms. The predicted octanol–water partition coefficient (Wildman–Crippen LogP) is 15.4. The predicted molar refractivity (Wildman–Crippen MR) is 322 cm³/mol. The fourth-order valence-electron chi connectivity index (χ4n) is 13.8. The van der Waals surface area contributed by atoms with Crippen molar-refractivity contribution in [1.29, 1.82) is 0 Å². The second kappa shape index (κ2) is 16.0. The zero-order valence-electron chi connectivity index (χ0n) is 42.5. The fraction of sp³-hybridized carbons (Fsp3) is 0. The standard InChI is InChI=1S/C75H42N4/c1-7-28-67-52(16-1)58-37-34-49-43-22-13-25-46(61(43)40-64(49)73(58)76-67)55-19-4-10-31-70(55)79(71-32-11-5-20-56(71)47-26-14-23-44-50-35-38-59-53-17-2-8-29-68(53)77-74(59)65(50)41-62(44)47)72-33-12-6-21-57(72)48-27-15-24-45-51-36-39-60-54-18-3-9-30-69(54)78-75(60)66(51)42-63(45)48/h1-42H. The van der Waals surface area contributed by atoms with Gasteiger partial charge in [-0.05, 0) is 121 Å². The molecule has 0 spiro atoms. The zero-order chi connectivity index (χ0) is 51.4. The van der Waals surface area contributed by atoms with Gasteiger partial charge in [0, 0.05) is 65.7 Å². The quantitative estimate of drug-likeness (QED) is 0.164. The van der Waals surface area contributed by atoms with Crippen LogP contribution >= 0.6 is 0 Å². The second-order valence-electron chi connectivity index (χ2n) is 21.3. The van der Waals surface area contributed by atoms with Gasteiger partial charge < -0.3 is 4.90 Å². The van der Waals surface area contributed by atoms with Gasteiger partial charge in [0.1, 0.15) is 0 Å². The third-order valence-corrected chi connectivity index (χ3v) is 17.3. The number of hydrogen-bond acceptors (Lipinski definition) is 4. The Morgan fingerprint density at radius 2 is 0.430 bits per heavy atom. The molecule has 6 aliphatic rings. The topological polar surface area (TPSA) is 40.3 Å². The minimum Gasteiger partial charge on any atom is -0.309 e. The van der Waals surface area contributed by atoms with E-state index in [0.29, 0.717) is 0 Å². The lowest BCUT2D eigenvalue weighted by Gasteiger charge is -2.32. The van der Waals surface area contributed by atoms with Crippen molar-refractivity contribution in [2.24, 2.45) is 15.0 Å². The molecule has 18 rings (SSSR count). The van der Waals surface area contributed by atoms with E-state index in [0.717, 1.165) is 66.9 Å². The van der Waals surface area contributed by atoms with Gasteiger partial charge in [0.2, 0.25) is 0 Å². The van der Waals surface area contributed by atoms with Crippen LogP contribution in [0, 0.1) is 0 Å². The van der Waals surface area contributed by atoms with Gasteiger partial charge in [-0.2, -0.15) is 0 Å². The first kappa shape index (κ1) is 42.6. The number of anilines is 3. The molecule has 3 aliphatic heterocycles. The molecule has 79 heavy (non-hydrogen) atoms. The van der Waals surface area contributed by atoms with Crippen molar-refractivity contribution in [3.05, 3.63) is 285 Å². The molecule has 0 N–H and O–H groups in total. The third-order valence-electron chi connectivity index (χ3n) is 17.3. The summed E-state index contributed by atoms with van der Waals surface area (Å²) in [5, 5.41) is 6.68. The summed E-state index contributed by atoms with van der Waals surface area (Å²) in [7, 11) is 0. The summed E-state index contributed by atoms with van der Waals surface area (Å²) in [6, 6.07) is 86.6. The molecule has 3 heterocycles. The average Bonchev–Trinajstić information content (AvgIpc) is 4.46. The highest BCUT2D eigenvalue weighted by Crippen LogP contribution is 2.51. The smallest absolute Gasteiger partial charge is 0.0795 e. The Hall–Kier alpha value is -10.6. The van der Waals surface area contributed by atoms with Crippen LogP contribution in [0.3, 0.4) is 0 Å². The molecule has 0 radical (unpaired) electrons. The SMILES string of the molecule is C1=c2c(ccc3c2=Nc2ccccc2-3)-c2cccc(-c3ccccc3N(c3ccccc3-c3cccc4c3C=c3c-4ccc4c3=Nc3ccccc3-4)c3ccccc3-c3cccc4c3C=c3c-4ccc4c3=Nc3ccccc3-4)c21. The van der Waals surface area contributed by atoms with Crippen LogP contribution in [-0.2, 0) is 0 Å². The highest BCUT2D eigenvalue weighted by atomic mass is 15.2. The first-order valence-electron chi connectivity index (χ1n) is 27.2. The lowest BCUT2D eigenvalue weighted by atomic mass is 9.90. The molecule has 362 valence electrons. The van der Waals surface area contributed by atoms with E-state index in [1.165, 1.54) is 116 Å². The van der Waals surface area contributed by atoms with E-state index >= 15 is 0 Å². The minimum absolute atomic E-state index is 1.03. The monoisotopic (exact) mass is 998 g/mol. The molecule has 0 saturated heterocycles. The molecule has 0 saturated carbocycles. The maximum Gasteiger partial charge on any atom is 0.0795 e. The van der Waals surface area contributed by atoms with Gasteiger partial charge in [-0.15, -0.1) is 0 Å². The summed E-state index contributed by atoms with van der Waals surface area (Å²) in [5.41, 5.74) is 31.2. The van der Waals surface area contributed by atoms with E-state index in [1.807, 2.05) is 0 Å². The summed E-state index contributed by atoms with van der Waals surface area (Å²) in [6.07, 6.45) is 7.17. The van der Waals surface area contributed by atoms with Gasteiger partial charge in [-0.25, -0.2) is 15.0 Å². The first-order chi connectivity index (χ1) is 39.2. The van der Waals surface area contributed by atoms with Gasteiger partial charge in [0.05, 0.1) is 50.2 Å². The van der Waals surface area contributed by atoms with Crippen LogP contribution in [0.5, 0.6) is 0 Å². The number of rotatable bonds is 6. The van der Waals surface area contributed by atoms with Gasteiger partial charge >= 0.3 is 0 Å². The number of hydrogen-bond donors (Lipinski definition) is 0. The van der Waals surface area contributed by atoms with Crippen molar-refractivity contribution in [3.8, 4) is 100 Å². The van der Waals surface area contributed by atoms with E-state index in [-0.39, 0.29) is 0 Å². The Balaban J connectivity index is 0.869. The van der Waals surface area contributed by atoms with Crippen molar-refractivity contribution in [1.82, 2.24) is 0 Å². The molecular weight excluding hydrogens is 957 g/mol. The Bertz CT molecular complexity index is 4700. The van der Waals surface area contributed by atoms with E-state index in [9.17, 15) is 0 Å². The van der Waals surface area contributed by atoms with Crippen LogP contribution in [0.1, 0.15) is 16.7 Å². The lowest BCUT2D eigenvalue weighted by Crippen LogP contribution is -2.25. The maximum absolute atomic E-state index is 5.25. The van der Waals surface area contributed by atoms with Crippen LogP contribution in [-0.4, -0.2) is 0 Å². The summed E-state index contributed by atoms with van der Waals surface area (Å²) < 4.78 is 0. The lowest BCUT2D eigenvalue weighted by molar-refractivity contribution is 1.28. The Labute approximate surface area is 454 Å². The normalized spacial score (nSPS) is 12.9. The van der Waals surface area contributed by atoms with Crippen LogP contribution < -0.4 is 36.6 Å². The van der Waals surface area contributed by atoms with Crippen LogP contribution in [0.15, 0.2) is 252 Å². The third kappa shape index (κ3) is 5.95. The van der Waals surface area contributed by atoms with Crippen molar-refractivity contribution in [3.63, 3.8) is 0 Å². The molecule has 0 atom stereocenters. The first-order valence-corrected chi connectivity index (χ1v) is 27.2. The second-order valence-corrected chi connectivity index (χ2v) is 21.3. The van der Waals surface area contributed by atoms with Crippen molar-refractivity contribution in [2.45, 2.75) is 0 Å². The van der Waals surface area contributed by atoms with Crippen molar-refractivity contribution >= 4 is 52.4 Å². The minimum atomic E-state index is 1.03. The summed E-state index contributed by atoms with van der Waals surface area (Å²) >= 11 is 0. The van der Waals surface area contributed by atoms with Crippen LogP contribution in [0.4, 0.5) is 34.1 Å². The van der Waals surface area contributed by atoms with E-state index in [2.05, 4.69) is 260 Å². The molecule has 0 fully saturated rings. The average molecular weight is 999 g/mol. The fourth-order valence-corrected chi connectivity index (χ4v) is 13.8. The molecule has 4 nitrogen and oxygen atoms in total. The summed E-state index contributed by atoms with van der Waals surface area (Å²) in [6.45, 7) is 0. The Morgan fingerprint density at radius 1 is 0.190 bits per heavy atom. The van der Waals surface area contributed by atoms with E-state index < -0.39 is 0 Å². The van der Waals surface area contributed by atoms with E-state index in [1.54, 1.807) is 0 Å². The van der Waals surface area contributed by atoms with Crippen LogP contribution in [0.2, 0.25) is 0 Å². The largest absolute Gasteiger partial charge is 0.309 e. The van der Waals surface area contributed by atoms with Gasteiger partial charge in [0.15, 0.2) is 0 Å². The molecular formula is C75H42N4. The summed E-state index contributed by atoms with van der Waals surface area (Å²) in [4.78, 5) is 18.3. The van der Waals surface area contributed by atoms with Crippen molar-refractivity contribution in [2.75, 3.05) is 4.90 Å². The molecule has 0 bridgehead atoms. The Morgan fingerprint density at radius 3 is 0.747 bits per heavy atom. The number of para-hydroxylation sites is 6. The van der Waals surface area contributed by atoms with Gasteiger partial charge in [0.25, 0.3) is 0 Å². The summed E-state index contributed by atoms with van der Waals surface area (Å²) in [5.74, 6) is 0. The highest BCUT2D eigenvalue weighted by molar-refractivity contribution is 6.05. The van der Waals surface area contributed by atoms with Crippen LogP contribution in [0.25, 0.3) is 118 Å². The van der Waals surface area contributed by atoms with Gasteiger partial charge in [-0.1, -0.05) is 200 Å². The Kier molecular flexibility index (Phi) is 8.64. The number of fused-ring (bicyclic) bond motifs is 21. The number of benzene rings is 12. The molecule has 12 aromatic rings. The molecule has 0 amide bonds. The molecule has 3 aliphatic carbocycles. The molecule has 12 aromatic carbocycles. The van der Waals surface area contributed by atoms with Crippen molar-refractivity contribution < 1.29 is 0 Å².